The molecule has 24 heavy (non-hydrogen) atoms. The molecule has 0 heterocycles. The molecule has 0 aliphatic heterocycles. The van der Waals surface area contributed by atoms with E-state index in [4.69, 9.17) is 10.00 Å². The molecule has 0 bridgehead atoms. The number of rotatable bonds is 6. The lowest BCUT2D eigenvalue weighted by Gasteiger charge is -2.28. The molecule has 3 nitrogen and oxygen atoms in total. The molecule has 0 aromatic heterocycles. The van der Waals surface area contributed by atoms with Crippen LogP contribution in [-0.2, 0) is 4.74 Å². The summed E-state index contributed by atoms with van der Waals surface area (Å²) in [7, 11) is 0. The smallest absolute Gasteiger partial charge is 0.338 e. The van der Waals surface area contributed by atoms with E-state index in [-0.39, 0.29) is 17.8 Å². The summed E-state index contributed by atoms with van der Waals surface area (Å²) in [6.45, 7) is 2.51. The van der Waals surface area contributed by atoms with Gasteiger partial charge in [-0.25, -0.2) is 4.79 Å². The van der Waals surface area contributed by atoms with Gasteiger partial charge in [-0.1, -0.05) is 31.5 Å². The molecule has 1 fully saturated rings. The molecule has 1 aromatic carbocycles. The first kappa shape index (κ1) is 18.2. The molecule has 2 rings (SSSR count). The average molecular weight is 329 g/mol. The van der Waals surface area contributed by atoms with Crippen LogP contribution in [-0.4, -0.2) is 12.6 Å². The summed E-state index contributed by atoms with van der Waals surface area (Å²) in [6, 6.07) is 9.16. The maximum absolute atomic E-state index is 13.1. The zero-order chi connectivity index (χ0) is 17.4. The molecule has 0 atom stereocenters. The van der Waals surface area contributed by atoms with Crippen molar-refractivity contribution >= 4 is 5.97 Å². The number of nitrogens with zero attached hydrogens (tertiary/aromatic N) is 1. The van der Waals surface area contributed by atoms with Gasteiger partial charge in [-0.3, -0.25) is 0 Å². The van der Waals surface area contributed by atoms with Crippen LogP contribution in [0.15, 0.2) is 36.2 Å². The molecule has 1 aromatic rings. The number of nitriles is 1. The maximum Gasteiger partial charge on any atom is 0.338 e. The van der Waals surface area contributed by atoms with Crippen molar-refractivity contribution in [2.75, 3.05) is 6.61 Å². The molecule has 0 N–H and O–H groups in total. The number of carbonyl (C=O) groups is 1. The summed E-state index contributed by atoms with van der Waals surface area (Å²) < 4.78 is 18.4. The predicted molar refractivity (Wildman–Crippen MR) is 91.1 cm³/mol. The van der Waals surface area contributed by atoms with E-state index in [9.17, 15) is 9.18 Å². The third kappa shape index (κ3) is 4.92. The van der Waals surface area contributed by atoms with Crippen LogP contribution in [0, 0.1) is 17.2 Å². The molecule has 0 amide bonds. The number of benzene rings is 1. The van der Waals surface area contributed by atoms with E-state index in [1.807, 2.05) is 24.3 Å². The van der Waals surface area contributed by atoms with Gasteiger partial charge in [0.1, 0.15) is 6.07 Å². The number of halogens is 1. The van der Waals surface area contributed by atoms with Crippen molar-refractivity contribution in [3.63, 3.8) is 0 Å². The van der Waals surface area contributed by atoms with Gasteiger partial charge < -0.3 is 4.74 Å². The van der Waals surface area contributed by atoms with E-state index < -0.39 is 5.83 Å². The lowest BCUT2D eigenvalue weighted by Crippen LogP contribution is -2.16. The lowest BCUT2D eigenvalue weighted by molar-refractivity contribution is 0.0497. The Balaban J connectivity index is 2.03. The van der Waals surface area contributed by atoms with Crippen molar-refractivity contribution < 1.29 is 13.9 Å². The van der Waals surface area contributed by atoms with Crippen LogP contribution < -0.4 is 0 Å². The molecule has 4 heteroatoms. The van der Waals surface area contributed by atoms with Crippen molar-refractivity contribution in [2.45, 2.75) is 51.4 Å². The monoisotopic (exact) mass is 329 g/mol. The topological polar surface area (TPSA) is 50.1 Å². The van der Waals surface area contributed by atoms with Gasteiger partial charge in [-0.05, 0) is 61.6 Å². The largest absolute Gasteiger partial charge is 0.462 e. The normalized spacial score (nSPS) is 21.1. The highest BCUT2D eigenvalue weighted by Gasteiger charge is 2.25. The van der Waals surface area contributed by atoms with Gasteiger partial charge in [0.05, 0.1) is 12.2 Å². The third-order valence-electron chi connectivity index (χ3n) is 4.61. The van der Waals surface area contributed by atoms with Crippen LogP contribution in [0.5, 0.6) is 0 Å². The first-order chi connectivity index (χ1) is 11.7. The van der Waals surface area contributed by atoms with Crippen molar-refractivity contribution in [1.29, 1.82) is 5.26 Å². The molecular formula is C20H24FNO2. The summed E-state index contributed by atoms with van der Waals surface area (Å²) in [5, 5.41) is 8.54. The Hall–Kier alpha value is -2.15. The Kier molecular flexibility index (Phi) is 6.99. The third-order valence-corrected chi connectivity index (χ3v) is 4.61. The van der Waals surface area contributed by atoms with E-state index in [2.05, 4.69) is 6.92 Å². The number of hydrogen-bond donors (Lipinski definition) is 0. The minimum Gasteiger partial charge on any atom is -0.462 e. The number of hydrogen-bond acceptors (Lipinski definition) is 3. The maximum atomic E-state index is 13.1. The number of unbranched alkanes of at least 4 members (excludes halogenated alkanes) is 1. The van der Waals surface area contributed by atoms with Crippen molar-refractivity contribution in [3.05, 3.63) is 47.3 Å². The highest BCUT2D eigenvalue weighted by molar-refractivity contribution is 5.91. The Morgan fingerprint density at radius 3 is 2.71 bits per heavy atom. The number of carbonyl (C=O) groups excluding carboxylic acids is 1. The SMILES string of the molecule is CCCCOC(=O)c1ccccc1C1CCC(C=C(F)C#N)CC1. The number of ether oxygens (including phenoxy) is 1. The van der Waals surface area contributed by atoms with Gasteiger partial charge in [0.25, 0.3) is 0 Å². The van der Waals surface area contributed by atoms with Crippen molar-refractivity contribution in [2.24, 2.45) is 5.92 Å². The van der Waals surface area contributed by atoms with Gasteiger partial charge in [0.2, 0.25) is 0 Å². The molecule has 0 spiro atoms. The first-order valence-electron chi connectivity index (χ1n) is 8.69. The zero-order valence-electron chi connectivity index (χ0n) is 14.1. The minimum absolute atomic E-state index is 0.115. The molecule has 0 unspecified atom stereocenters. The average Bonchev–Trinajstić information content (AvgIpc) is 2.62. The molecule has 1 saturated carbocycles. The first-order valence-corrected chi connectivity index (χ1v) is 8.69. The van der Waals surface area contributed by atoms with Crippen LogP contribution in [0.2, 0.25) is 0 Å². The Morgan fingerprint density at radius 2 is 2.04 bits per heavy atom. The van der Waals surface area contributed by atoms with Gasteiger partial charge in [-0.15, -0.1) is 0 Å². The molecule has 1 aliphatic rings. The molecule has 1 aliphatic carbocycles. The second-order valence-electron chi connectivity index (χ2n) is 6.31. The van der Waals surface area contributed by atoms with Crippen LogP contribution >= 0.6 is 0 Å². The standard InChI is InChI=1S/C20H24FNO2/c1-2-3-12-24-20(23)19-7-5-4-6-18(19)16-10-8-15(9-11-16)13-17(21)14-22/h4-7,13,15-16H,2-3,8-12H2,1H3. The summed E-state index contributed by atoms with van der Waals surface area (Å²) in [4.78, 5) is 12.3. The second kappa shape index (κ2) is 9.22. The fourth-order valence-electron chi connectivity index (χ4n) is 3.27. The quantitative estimate of drug-likeness (QED) is 0.404. The summed E-state index contributed by atoms with van der Waals surface area (Å²) in [5.74, 6) is -0.547. The molecule has 128 valence electrons. The zero-order valence-corrected chi connectivity index (χ0v) is 14.1. The van der Waals surface area contributed by atoms with E-state index in [0.717, 1.165) is 44.1 Å². The molecule has 0 radical (unpaired) electrons. The Bertz CT molecular complexity index is 625. The summed E-state index contributed by atoms with van der Waals surface area (Å²) in [6.07, 6.45) is 6.74. The predicted octanol–water partition coefficient (Wildman–Crippen LogP) is 5.29. The fourth-order valence-corrected chi connectivity index (χ4v) is 3.27. The Morgan fingerprint density at radius 1 is 1.33 bits per heavy atom. The van der Waals surface area contributed by atoms with Gasteiger partial charge >= 0.3 is 5.97 Å². The van der Waals surface area contributed by atoms with Crippen LogP contribution in [0.4, 0.5) is 4.39 Å². The van der Waals surface area contributed by atoms with Crippen molar-refractivity contribution in [1.82, 2.24) is 0 Å². The van der Waals surface area contributed by atoms with Crippen LogP contribution in [0.1, 0.15) is 67.3 Å². The molecular weight excluding hydrogens is 305 g/mol. The van der Waals surface area contributed by atoms with Gasteiger partial charge in [0.15, 0.2) is 5.83 Å². The number of allylic oxidation sites excluding steroid dienone is 2. The minimum atomic E-state index is -0.696. The van der Waals surface area contributed by atoms with Gasteiger partial charge in [-0.2, -0.15) is 9.65 Å². The summed E-state index contributed by atoms with van der Waals surface area (Å²) in [5.41, 5.74) is 1.68. The lowest BCUT2D eigenvalue weighted by atomic mass is 9.77. The highest BCUT2D eigenvalue weighted by atomic mass is 19.1. The second-order valence-corrected chi connectivity index (χ2v) is 6.31. The van der Waals surface area contributed by atoms with Crippen LogP contribution in [0.25, 0.3) is 0 Å². The van der Waals surface area contributed by atoms with Gasteiger partial charge in [0, 0.05) is 0 Å². The highest BCUT2D eigenvalue weighted by Crippen LogP contribution is 2.38. The molecule has 0 saturated heterocycles. The summed E-state index contributed by atoms with van der Waals surface area (Å²) >= 11 is 0. The van der Waals surface area contributed by atoms with E-state index in [1.165, 1.54) is 12.1 Å². The van der Waals surface area contributed by atoms with E-state index in [0.29, 0.717) is 12.2 Å². The fraction of sp³-hybridized carbons (Fsp3) is 0.500. The number of esters is 1. The van der Waals surface area contributed by atoms with E-state index in [1.54, 1.807) is 0 Å². The van der Waals surface area contributed by atoms with Crippen molar-refractivity contribution in [3.8, 4) is 6.07 Å². The van der Waals surface area contributed by atoms with Crippen LogP contribution in [0.3, 0.4) is 0 Å². The van der Waals surface area contributed by atoms with E-state index >= 15 is 0 Å². The Labute approximate surface area is 143 Å².